The molecule has 50 heavy (non-hydrogen) atoms. The number of nitrogens with zero attached hydrogens (tertiary/aromatic N) is 4. The summed E-state index contributed by atoms with van der Waals surface area (Å²) in [6.45, 7) is 4.45. The van der Waals surface area contributed by atoms with Crippen molar-refractivity contribution in [1.82, 2.24) is 19.7 Å². The van der Waals surface area contributed by atoms with Gasteiger partial charge in [-0.05, 0) is 50.2 Å². The van der Waals surface area contributed by atoms with Gasteiger partial charge in [-0.1, -0.05) is 13.0 Å². The second kappa shape index (κ2) is 17.4. The first kappa shape index (κ1) is 40.6. The molecular formula is C29H36ClF6N7O6S. The number of hydrogen-bond donors (Lipinski definition) is 4. The van der Waals surface area contributed by atoms with Crippen LogP contribution in [0.25, 0.3) is 0 Å². The van der Waals surface area contributed by atoms with Crippen LogP contribution in [-0.2, 0) is 37.2 Å². The molecule has 4 N–H and O–H groups in total. The standard InChI is InChI=1S/C25H36ClN7O4S.C4F6O2/c1-2-19-23(28-15-21(25(34)35)32-38(36,37)14-4-10-26)29-16-30-24(19)33-12-8-17(9-13-33)20-7-6-18-5-3-11-27-22(18)31-20;5-3(6,7)1(11)2(12)4(8,9)10/h6-7,16-17,21,32H,2-5,8-15H2,1H3,(H,27,31)(H,34,35)(H,28,29,30);/t21-;/m0./s1. The van der Waals surface area contributed by atoms with E-state index in [0.29, 0.717) is 18.2 Å². The van der Waals surface area contributed by atoms with Crippen molar-refractivity contribution < 1.29 is 54.3 Å². The summed E-state index contributed by atoms with van der Waals surface area (Å²) >= 11 is 5.58. The molecule has 2 aliphatic heterocycles. The van der Waals surface area contributed by atoms with E-state index in [4.69, 9.17) is 16.6 Å². The first-order valence-corrected chi connectivity index (χ1v) is 17.6. The van der Waals surface area contributed by atoms with Crippen molar-refractivity contribution in [3.8, 4) is 0 Å². The van der Waals surface area contributed by atoms with E-state index in [2.05, 4.69) is 42.4 Å². The molecule has 0 amide bonds. The highest BCUT2D eigenvalue weighted by Crippen LogP contribution is 2.33. The lowest BCUT2D eigenvalue weighted by Gasteiger charge is -2.34. The third-order valence-electron chi connectivity index (χ3n) is 7.77. The normalized spacial score (nSPS) is 16.0. The second-order valence-corrected chi connectivity index (χ2v) is 13.6. The zero-order chi connectivity index (χ0) is 37.3. The van der Waals surface area contributed by atoms with Gasteiger partial charge in [-0.25, -0.2) is 23.4 Å². The van der Waals surface area contributed by atoms with Crippen LogP contribution < -0.4 is 20.3 Å². The van der Waals surface area contributed by atoms with Crippen LogP contribution >= 0.6 is 11.6 Å². The highest BCUT2D eigenvalue weighted by molar-refractivity contribution is 7.89. The molecule has 278 valence electrons. The van der Waals surface area contributed by atoms with Crippen LogP contribution in [0.5, 0.6) is 0 Å². The molecule has 4 rings (SSSR count). The predicted molar refractivity (Wildman–Crippen MR) is 171 cm³/mol. The Bertz CT molecular complexity index is 1600. The van der Waals surface area contributed by atoms with Gasteiger partial charge in [0.2, 0.25) is 10.0 Å². The number of carboxylic acids is 1. The Morgan fingerprint density at radius 1 is 1.08 bits per heavy atom. The fraction of sp³-hybridized carbons (Fsp3) is 0.586. The van der Waals surface area contributed by atoms with Gasteiger partial charge in [0.05, 0.1) is 5.75 Å². The number of nitrogens with one attached hydrogen (secondary N) is 3. The third kappa shape index (κ3) is 11.4. The summed E-state index contributed by atoms with van der Waals surface area (Å²) < 4.78 is 93.6. The van der Waals surface area contributed by atoms with Crippen LogP contribution in [-0.4, -0.2) is 102 Å². The number of pyridine rings is 1. The minimum atomic E-state index is -5.77. The molecule has 1 saturated heterocycles. The number of aliphatic carboxylic acids is 1. The fourth-order valence-corrected chi connectivity index (χ4v) is 6.82. The van der Waals surface area contributed by atoms with E-state index in [1.165, 1.54) is 11.9 Å². The number of aryl methyl sites for hydroxylation is 1. The number of hydrogen-bond acceptors (Lipinski definition) is 11. The van der Waals surface area contributed by atoms with Gasteiger partial charge < -0.3 is 20.6 Å². The van der Waals surface area contributed by atoms with Gasteiger partial charge in [0.1, 0.15) is 29.8 Å². The summed E-state index contributed by atoms with van der Waals surface area (Å²) in [6, 6.07) is 3.03. The van der Waals surface area contributed by atoms with Crippen molar-refractivity contribution in [3.63, 3.8) is 0 Å². The van der Waals surface area contributed by atoms with Gasteiger partial charge in [-0.2, -0.15) is 31.1 Å². The second-order valence-electron chi connectivity index (χ2n) is 11.3. The van der Waals surface area contributed by atoms with Crippen molar-refractivity contribution in [2.24, 2.45) is 0 Å². The van der Waals surface area contributed by atoms with E-state index in [9.17, 15) is 54.3 Å². The highest BCUT2D eigenvalue weighted by Gasteiger charge is 2.54. The van der Waals surface area contributed by atoms with Gasteiger partial charge >= 0.3 is 29.9 Å². The maximum absolute atomic E-state index is 12.2. The van der Waals surface area contributed by atoms with Crippen LogP contribution in [0.4, 0.5) is 43.8 Å². The quantitative estimate of drug-likeness (QED) is 0.132. The van der Waals surface area contributed by atoms with Crippen LogP contribution in [0.15, 0.2) is 18.5 Å². The molecule has 1 fully saturated rings. The summed E-state index contributed by atoms with van der Waals surface area (Å²) in [6.07, 6.45) is -5.09. The number of sulfonamides is 1. The molecule has 2 aromatic rings. The number of carboxylic acid groups (broad SMARTS) is 1. The molecule has 0 spiro atoms. The Labute approximate surface area is 288 Å². The van der Waals surface area contributed by atoms with E-state index in [-0.39, 0.29) is 24.6 Å². The molecular weight excluding hydrogens is 724 g/mol. The average Bonchev–Trinajstić information content (AvgIpc) is 3.07. The first-order valence-electron chi connectivity index (χ1n) is 15.5. The highest BCUT2D eigenvalue weighted by atomic mass is 35.5. The Morgan fingerprint density at radius 3 is 2.28 bits per heavy atom. The molecule has 4 heterocycles. The van der Waals surface area contributed by atoms with Crippen molar-refractivity contribution >= 4 is 56.6 Å². The largest absolute Gasteiger partial charge is 0.480 e. The van der Waals surface area contributed by atoms with Gasteiger partial charge in [0.25, 0.3) is 0 Å². The summed E-state index contributed by atoms with van der Waals surface area (Å²) in [7, 11) is -3.77. The van der Waals surface area contributed by atoms with Crippen LogP contribution in [0, 0.1) is 0 Å². The molecule has 21 heteroatoms. The number of halogens is 7. The van der Waals surface area contributed by atoms with E-state index in [1.807, 2.05) is 6.92 Å². The van der Waals surface area contributed by atoms with Crippen molar-refractivity contribution in [1.29, 1.82) is 0 Å². The fourth-order valence-electron chi connectivity index (χ4n) is 5.27. The molecule has 0 saturated carbocycles. The average molecular weight is 760 g/mol. The van der Waals surface area contributed by atoms with Crippen molar-refractivity contribution in [2.75, 3.05) is 53.3 Å². The van der Waals surface area contributed by atoms with Gasteiger partial charge in [0.15, 0.2) is 0 Å². The molecule has 0 bridgehead atoms. The number of fused-ring (bicyclic) bond motifs is 1. The Balaban J connectivity index is 0.000000482. The van der Waals surface area contributed by atoms with Gasteiger partial charge in [0, 0.05) is 49.2 Å². The van der Waals surface area contributed by atoms with Crippen molar-refractivity contribution in [3.05, 3.63) is 35.3 Å². The number of piperidine rings is 1. The summed E-state index contributed by atoms with van der Waals surface area (Å²) in [5, 5.41) is 16.0. The molecule has 13 nitrogen and oxygen atoms in total. The van der Waals surface area contributed by atoms with Crippen molar-refractivity contribution in [2.45, 2.75) is 69.8 Å². The minimum absolute atomic E-state index is 0.154. The maximum Gasteiger partial charge on any atom is 0.458 e. The third-order valence-corrected chi connectivity index (χ3v) is 9.50. The number of Topliss-reactive ketones (excluding diaryl/α,β-unsaturated/α-hetero) is 2. The lowest BCUT2D eigenvalue weighted by molar-refractivity contribution is -0.193. The molecule has 2 aromatic heterocycles. The van der Waals surface area contributed by atoms with E-state index in [1.54, 1.807) is 0 Å². The smallest absolute Gasteiger partial charge is 0.458 e. The van der Waals surface area contributed by atoms with Gasteiger partial charge in [-0.15, -0.1) is 11.6 Å². The number of aromatic nitrogens is 3. The Kier molecular flexibility index (Phi) is 14.2. The predicted octanol–water partition coefficient (Wildman–Crippen LogP) is 3.84. The summed E-state index contributed by atoms with van der Waals surface area (Å²) in [4.78, 5) is 47.0. The SMILES string of the molecule is CCc1c(NC[C@H](NS(=O)(=O)CCCCl)C(=O)O)ncnc1N1CCC(c2ccc3c(n2)NCCC3)CC1.O=C(C(=O)C(F)(F)F)C(F)(F)F. The lowest BCUT2D eigenvalue weighted by atomic mass is 9.92. The number of ketones is 2. The topological polar surface area (TPSA) is 184 Å². The number of rotatable bonds is 13. The first-order chi connectivity index (χ1) is 23.4. The molecule has 1 atom stereocenters. The number of anilines is 3. The minimum Gasteiger partial charge on any atom is -0.480 e. The van der Waals surface area contributed by atoms with Crippen LogP contribution in [0.3, 0.4) is 0 Å². The molecule has 0 aliphatic carbocycles. The zero-order valence-electron chi connectivity index (χ0n) is 26.7. The Morgan fingerprint density at radius 2 is 1.72 bits per heavy atom. The number of alkyl halides is 7. The molecule has 0 radical (unpaired) electrons. The lowest BCUT2D eigenvalue weighted by Crippen LogP contribution is -2.46. The summed E-state index contributed by atoms with van der Waals surface area (Å²) in [5.41, 5.74) is 3.29. The number of carbonyl (C=O) groups is 3. The summed E-state index contributed by atoms with van der Waals surface area (Å²) in [5.74, 6) is -5.40. The van der Waals surface area contributed by atoms with E-state index >= 15 is 0 Å². The van der Waals surface area contributed by atoms with E-state index < -0.39 is 46.0 Å². The number of carbonyl (C=O) groups excluding carboxylic acids is 2. The van der Waals surface area contributed by atoms with Crippen LogP contribution in [0.2, 0.25) is 0 Å². The Hall–Kier alpha value is -3.78. The maximum atomic E-state index is 12.2. The molecule has 0 aromatic carbocycles. The molecule has 2 aliphatic rings. The molecule has 0 unspecified atom stereocenters. The van der Waals surface area contributed by atoms with Crippen LogP contribution in [0.1, 0.15) is 55.3 Å². The van der Waals surface area contributed by atoms with E-state index in [0.717, 1.165) is 68.2 Å². The van der Waals surface area contributed by atoms with Gasteiger partial charge in [-0.3, -0.25) is 14.4 Å². The zero-order valence-corrected chi connectivity index (χ0v) is 28.3. The monoisotopic (exact) mass is 759 g/mol.